The Kier molecular flexibility index (Phi) is 4.77. The first-order valence-corrected chi connectivity index (χ1v) is 6.35. The third kappa shape index (κ3) is 3.72. The van der Waals surface area contributed by atoms with E-state index >= 15 is 0 Å². The third-order valence-corrected chi connectivity index (χ3v) is 2.95. The van der Waals surface area contributed by atoms with Gasteiger partial charge in [0.1, 0.15) is 12.4 Å². The molecule has 0 amide bonds. The largest absolute Gasteiger partial charge is 0.496 e. The second kappa shape index (κ2) is 6.74. The van der Waals surface area contributed by atoms with Crippen molar-refractivity contribution in [1.29, 1.82) is 0 Å². The Morgan fingerprint density at radius 3 is 2.43 bits per heavy atom. The van der Waals surface area contributed by atoms with E-state index in [-0.39, 0.29) is 23.7 Å². The van der Waals surface area contributed by atoms with Gasteiger partial charge in [0.05, 0.1) is 13.5 Å². The minimum atomic E-state index is -1.13. The third-order valence-electron chi connectivity index (χ3n) is 2.95. The Labute approximate surface area is 121 Å². The van der Waals surface area contributed by atoms with E-state index < -0.39 is 18.2 Å². The van der Waals surface area contributed by atoms with Crippen molar-refractivity contribution in [2.45, 2.75) is 13.0 Å². The molecule has 0 radical (unpaired) electrons. The first-order valence-electron chi connectivity index (χ1n) is 6.35. The smallest absolute Gasteiger partial charge is 0.308 e. The van der Waals surface area contributed by atoms with Gasteiger partial charge in [-0.1, -0.05) is 30.3 Å². The second-order valence-electron chi connectivity index (χ2n) is 4.40. The number of methoxy groups -OCH3 is 1. The van der Waals surface area contributed by atoms with Crippen LogP contribution in [0.1, 0.15) is 11.1 Å². The Hall–Kier alpha value is -2.56. The van der Waals surface area contributed by atoms with Crippen molar-refractivity contribution >= 4 is 5.97 Å². The molecule has 5 heteroatoms. The van der Waals surface area contributed by atoms with Crippen LogP contribution in [-0.4, -0.2) is 18.2 Å². The average Bonchev–Trinajstić information content (AvgIpc) is 2.49. The Bertz CT molecular complexity index is 626. The number of rotatable bonds is 6. The minimum absolute atomic E-state index is 0.0101. The van der Waals surface area contributed by atoms with Crippen molar-refractivity contribution in [3.63, 3.8) is 0 Å². The van der Waals surface area contributed by atoms with Gasteiger partial charge >= 0.3 is 5.97 Å². The standard InChI is InChI=1S/C16H15FO4/c1-20-13-7-8-14(16(17)12(13)9-15(18)19)21-10-11-5-3-2-4-6-11/h2-8H,9-10H2,1H3,(H,18,19). The van der Waals surface area contributed by atoms with Gasteiger partial charge in [-0.3, -0.25) is 4.79 Å². The topological polar surface area (TPSA) is 55.8 Å². The molecule has 0 aliphatic rings. The summed E-state index contributed by atoms with van der Waals surface area (Å²) in [7, 11) is 1.37. The molecule has 4 nitrogen and oxygen atoms in total. The second-order valence-corrected chi connectivity index (χ2v) is 4.40. The van der Waals surface area contributed by atoms with E-state index in [0.29, 0.717) is 0 Å². The zero-order chi connectivity index (χ0) is 15.2. The number of hydrogen-bond acceptors (Lipinski definition) is 3. The first-order chi connectivity index (χ1) is 10.1. The van der Waals surface area contributed by atoms with Crippen LogP contribution < -0.4 is 9.47 Å². The van der Waals surface area contributed by atoms with Crippen molar-refractivity contribution < 1.29 is 23.8 Å². The fourth-order valence-electron chi connectivity index (χ4n) is 1.94. The molecule has 2 aromatic carbocycles. The lowest BCUT2D eigenvalue weighted by Crippen LogP contribution is -2.07. The Morgan fingerprint density at radius 2 is 1.81 bits per heavy atom. The van der Waals surface area contributed by atoms with E-state index in [9.17, 15) is 9.18 Å². The van der Waals surface area contributed by atoms with E-state index in [2.05, 4.69) is 0 Å². The van der Waals surface area contributed by atoms with Crippen LogP contribution in [0.3, 0.4) is 0 Å². The van der Waals surface area contributed by atoms with E-state index in [0.717, 1.165) is 5.56 Å². The summed E-state index contributed by atoms with van der Waals surface area (Å²) in [6.45, 7) is 0.205. The van der Waals surface area contributed by atoms with Crippen LogP contribution in [0.15, 0.2) is 42.5 Å². The molecule has 0 aromatic heterocycles. The van der Waals surface area contributed by atoms with Crippen LogP contribution in [0, 0.1) is 5.82 Å². The highest BCUT2D eigenvalue weighted by atomic mass is 19.1. The highest BCUT2D eigenvalue weighted by molar-refractivity contribution is 5.71. The fraction of sp³-hybridized carbons (Fsp3) is 0.188. The fourth-order valence-corrected chi connectivity index (χ4v) is 1.94. The van der Waals surface area contributed by atoms with Gasteiger partial charge in [-0.2, -0.15) is 0 Å². The monoisotopic (exact) mass is 290 g/mol. The summed E-state index contributed by atoms with van der Waals surface area (Å²) in [5, 5.41) is 8.85. The van der Waals surface area contributed by atoms with Crippen molar-refractivity contribution in [1.82, 2.24) is 0 Å². The minimum Gasteiger partial charge on any atom is -0.496 e. The van der Waals surface area contributed by atoms with Crippen LogP contribution in [0.5, 0.6) is 11.5 Å². The zero-order valence-corrected chi connectivity index (χ0v) is 11.5. The van der Waals surface area contributed by atoms with E-state index in [1.165, 1.54) is 19.2 Å². The van der Waals surface area contributed by atoms with E-state index in [4.69, 9.17) is 14.6 Å². The lowest BCUT2D eigenvalue weighted by molar-refractivity contribution is -0.136. The predicted octanol–water partition coefficient (Wildman–Crippen LogP) is 3.04. The number of aliphatic carboxylic acids is 1. The molecule has 21 heavy (non-hydrogen) atoms. The number of carbonyl (C=O) groups is 1. The van der Waals surface area contributed by atoms with Crippen LogP contribution in [0.25, 0.3) is 0 Å². The highest BCUT2D eigenvalue weighted by Crippen LogP contribution is 2.30. The van der Waals surface area contributed by atoms with Crippen LogP contribution in [0.4, 0.5) is 4.39 Å². The molecule has 0 saturated heterocycles. The summed E-state index contributed by atoms with van der Waals surface area (Å²) >= 11 is 0. The predicted molar refractivity (Wildman–Crippen MR) is 75.1 cm³/mol. The van der Waals surface area contributed by atoms with Crippen molar-refractivity contribution in [2.75, 3.05) is 7.11 Å². The zero-order valence-electron chi connectivity index (χ0n) is 11.5. The maximum Gasteiger partial charge on any atom is 0.308 e. The van der Waals surface area contributed by atoms with E-state index in [1.54, 1.807) is 0 Å². The number of carboxylic acids is 1. The SMILES string of the molecule is COc1ccc(OCc2ccccc2)c(F)c1CC(=O)O. The molecule has 0 aliphatic carbocycles. The van der Waals surface area contributed by atoms with Gasteiger partial charge in [-0.15, -0.1) is 0 Å². The molecule has 0 saturated carbocycles. The van der Waals surface area contributed by atoms with Crippen molar-refractivity contribution in [2.24, 2.45) is 0 Å². The van der Waals surface area contributed by atoms with Crippen LogP contribution in [0.2, 0.25) is 0 Å². The molecular weight excluding hydrogens is 275 g/mol. The molecule has 110 valence electrons. The van der Waals surface area contributed by atoms with Gasteiger partial charge in [0.2, 0.25) is 0 Å². The molecule has 0 heterocycles. The lowest BCUT2D eigenvalue weighted by atomic mass is 10.1. The summed E-state index contributed by atoms with van der Waals surface area (Å²) in [6, 6.07) is 12.3. The lowest BCUT2D eigenvalue weighted by Gasteiger charge is -2.12. The summed E-state index contributed by atoms with van der Waals surface area (Å²) in [5.41, 5.74) is 0.878. The summed E-state index contributed by atoms with van der Waals surface area (Å²) in [4.78, 5) is 10.8. The van der Waals surface area contributed by atoms with Gasteiger partial charge in [0, 0.05) is 5.56 Å². The number of ether oxygens (including phenoxy) is 2. The number of halogens is 1. The van der Waals surface area contributed by atoms with Gasteiger partial charge < -0.3 is 14.6 Å². The molecule has 0 unspecified atom stereocenters. The molecule has 0 atom stereocenters. The number of hydrogen-bond donors (Lipinski definition) is 1. The molecule has 2 rings (SSSR count). The summed E-state index contributed by atoms with van der Waals surface area (Å²) in [5.74, 6) is -1.63. The first kappa shape index (κ1) is 14.8. The summed E-state index contributed by atoms with van der Waals surface area (Å²) in [6.07, 6.45) is -0.461. The molecule has 2 aromatic rings. The van der Waals surface area contributed by atoms with Crippen molar-refractivity contribution in [3.8, 4) is 11.5 Å². The van der Waals surface area contributed by atoms with Gasteiger partial charge in [0.15, 0.2) is 11.6 Å². The van der Waals surface area contributed by atoms with Crippen LogP contribution >= 0.6 is 0 Å². The quantitative estimate of drug-likeness (QED) is 0.888. The Morgan fingerprint density at radius 1 is 1.14 bits per heavy atom. The highest BCUT2D eigenvalue weighted by Gasteiger charge is 2.17. The number of carboxylic acid groups (broad SMARTS) is 1. The average molecular weight is 290 g/mol. The molecule has 1 N–H and O–H groups in total. The molecule has 0 fully saturated rings. The van der Waals surface area contributed by atoms with E-state index in [1.807, 2.05) is 30.3 Å². The van der Waals surface area contributed by atoms with Crippen molar-refractivity contribution in [3.05, 3.63) is 59.4 Å². The van der Waals surface area contributed by atoms with Gasteiger partial charge in [0.25, 0.3) is 0 Å². The molecule has 0 bridgehead atoms. The molecule has 0 aliphatic heterocycles. The normalized spacial score (nSPS) is 10.2. The molecule has 0 spiro atoms. The maximum absolute atomic E-state index is 14.3. The molecular formula is C16H15FO4. The Balaban J connectivity index is 2.22. The van der Waals surface area contributed by atoms with Gasteiger partial charge in [-0.05, 0) is 17.7 Å². The van der Waals surface area contributed by atoms with Crippen LogP contribution in [-0.2, 0) is 17.8 Å². The maximum atomic E-state index is 14.3. The van der Waals surface area contributed by atoms with Gasteiger partial charge in [-0.25, -0.2) is 4.39 Å². The summed E-state index contributed by atoms with van der Waals surface area (Å²) < 4.78 is 24.7. The number of benzene rings is 2.